The van der Waals surface area contributed by atoms with Crippen molar-refractivity contribution in [1.82, 2.24) is 0 Å². The van der Waals surface area contributed by atoms with Crippen molar-refractivity contribution < 1.29 is 14.3 Å². The fraction of sp³-hybridized carbons (Fsp3) is 0.500. The summed E-state index contributed by atoms with van der Waals surface area (Å²) in [5.74, 6) is 3.14. The summed E-state index contributed by atoms with van der Waals surface area (Å²) in [5, 5.41) is 0. The summed E-state index contributed by atoms with van der Waals surface area (Å²) < 4.78 is 5.85. The number of rotatable bonds is 4. The minimum absolute atomic E-state index is 0.123. The van der Waals surface area contributed by atoms with Crippen LogP contribution in [-0.4, -0.2) is 18.2 Å². The van der Waals surface area contributed by atoms with Gasteiger partial charge in [-0.15, -0.1) is 6.42 Å². The number of terminal acetylenes is 1. The Morgan fingerprint density at radius 3 is 2.17 bits per heavy atom. The van der Waals surface area contributed by atoms with Crippen molar-refractivity contribution in [2.75, 3.05) is 6.61 Å². The molecule has 0 atom stereocenters. The number of benzene rings is 1. The summed E-state index contributed by atoms with van der Waals surface area (Å²) >= 11 is 0. The highest BCUT2D eigenvalue weighted by molar-refractivity contribution is 6.12. The number of ether oxygens (including phenoxy) is 1. The first kappa shape index (κ1) is 16.0. The van der Waals surface area contributed by atoms with E-state index in [0.29, 0.717) is 51.7 Å². The maximum absolute atomic E-state index is 12.2. The lowest BCUT2D eigenvalue weighted by atomic mass is 9.62. The van der Waals surface area contributed by atoms with Crippen LogP contribution >= 0.6 is 0 Å². The first-order valence-corrected chi connectivity index (χ1v) is 8.26. The van der Waals surface area contributed by atoms with Crippen molar-refractivity contribution in [2.24, 2.45) is 10.8 Å². The predicted octanol–water partition coefficient (Wildman–Crippen LogP) is 3.32. The zero-order chi connectivity index (χ0) is 16.3. The van der Waals surface area contributed by atoms with Gasteiger partial charge in [0.25, 0.3) is 0 Å². The molecule has 0 amide bonds. The van der Waals surface area contributed by atoms with Gasteiger partial charge in [-0.2, -0.15) is 0 Å². The molecule has 3 rings (SSSR count). The molecule has 3 nitrogen and oxygen atoms in total. The maximum Gasteiger partial charge on any atom is 0.146 e. The topological polar surface area (TPSA) is 43.4 Å². The van der Waals surface area contributed by atoms with E-state index in [0.717, 1.165) is 5.56 Å². The van der Waals surface area contributed by atoms with Gasteiger partial charge in [-0.1, -0.05) is 36.3 Å². The van der Waals surface area contributed by atoms with Gasteiger partial charge in [-0.05, 0) is 31.2 Å². The van der Waals surface area contributed by atoms with Crippen LogP contribution in [0.15, 0.2) is 30.3 Å². The number of ketones is 2. The minimum atomic E-state index is -0.722. The van der Waals surface area contributed by atoms with Gasteiger partial charge in [0.1, 0.15) is 11.6 Å². The van der Waals surface area contributed by atoms with Crippen molar-refractivity contribution in [2.45, 2.75) is 45.1 Å². The van der Waals surface area contributed by atoms with Gasteiger partial charge in [0.05, 0.1) is 24.0 Å². The quantitative estimate of drug-likeness (QED) is 0.633. The second-order valence-corrected chi connectivity index (χ2v) is 6.83. The molecule has 0 aliphatic heterocycles. The van der Waals surface area contributed by atoms with Gasteiger partial charge < -0.3 is 4.74 Å². The van der Waals surface area contributed by atoms with Gasteiger partial charge in [0.15, 0.2) is 0 Å². The van der Waals surface area contributed by atoms with Crippen LogP contribution in [0.4, 0.5) is 0 Å². The van der Waals surface area contributed by atoms with Crippen LogP contribution in [-0.2, 0) is 20.9 Å². The largest absolute Gasteiger partial charge is 0.375 e. The van der Waals surface area contributed by atoms with Gasteiger partial charge in [0.2, 0.25) is 0 Å². The van der Waals surface area contributed by atoms with E-state index < -0.39 is 5.41 Å². The third-order valence-electron chi connectivity index (χ3n) is 5.50. The molecule has 1 aromatic rings. The first-order valence-electron chi connectivity index (χ1n) is 8.26. The van der Waals surface area contributed by atoms with Crippen molar-refractivity contribution in [1.29, 1.82) is 0 Å². The Morgan fingerprint density at radius 2 is 1.61 bits per heavy atom. The van der Waals surface area contributed by atoms with Crippen molar-refractivity contribution in [3.8, 4) is 12.3 Å². The zero-order valence-electron chi connectivity index (χ0n) is 13.3. The van der Waals surface area contributed by atoms with Crippen molar-refractivity contribution in [3.05, 3.63) is 35.9 Å². The maximum atomic E-state index is 12.2. The Morgan fingerprint density at radius 1 is 1.00 bits per heavy atom. The first-order chi connectivity index (χ1) is 11.1. The standard InChI is InChI=1S/C20H22O3/c1-2-19(15-23-14-16-6-4-3-5-7-16)10-12-20(13-11-19)17(21)8-9-18(20)22/h1,3-7H,8-15H2. The molecule has 0 unspecified atom stereocenters. The molecule has 0 heterocycles. The smallest absolute Gasteiger partial charge is 0.146 e. The van der Waals surface area contributed by atoms with E-state index in [4.69, 9.17) is 11.2 Å². The van der Waals surface area contributed by atoms with E-state index in [9.17, 15) is 9.59 Å². The number of Topliss-reactive ketones (excluding diaryl/α,β-unsaturated/α-hetero) is 2. The van der Waals surface area contributed by atoms with E-state index in [2.05, 4.69) is 5.92 Å². The average Bonchev–Trinajstić information content (AvgIpc) is 2.86. The Bertz CT molecular complexity index is 613. The molecule has 2 saturated carbocycles. The average molecular weight is 310 g/mol. The van der Waals surface area contributed by atoms with Crippen LogP contribution in [0.1, 0.15) is 44.1 Å². The zero-order valence-corrected chi connectivity index (χ0v) is 13.3. The summed E-state index contributed by atoms with van der Waals surface area (Å²) in [6.07, 6.45) is 9.15. The second-order valence-electron chi connectivity index (χ2n) is 6.83. The van der Waals surface area contributed by atoms with E-state index in [1.54, 1.807) is 0 Å². The molecule has 1 aromatic carbocycles. The molecule has 2 aliphatic rings. The van der Waals surface area contributed by atoms with Crippen LogP contribution < -0.4 is 0 Å². The number of hydrogen-bond acceptors (Lipinski definition) is 3. The number of carbonyl (C=O) groups is 2. The SMILES string of the molecule is C#CC1(COCc2ccccc2)CCC2(CC1)C(=O)CCC2=O. The Kier molecular flexibility index (Phi) is 4.37. The summed E-state index contributed by atoms with van der Waals surface area (Å²) in [5.41, 5.74) is 0.0521. The molecule has 1 spiro atoms. The molecular weight excluding hydrogens is 288 g/mol. The van der Waals surface area contributed by atoms with E-state index in [1.165, 1.54) is 0 Å². The number of carbonyl (C=O) groups excluding carboxylic acids is 2. The molecule has 0 radical (unpaired) electrons. The monoisotopic (exact) mass is 310 g/mol. The third-order valence-corrected chi connectivity index (χ3v) is 5.50. The van der Waals surface area contributed by atoms with Gasteiger partial charge in [0, 0.05) is 12.8 Å². The molecular formula is C20H22O3. The van der Waals surface area contributed by atoms with Gasteiger partial charge >= 0.3 is 0 Å². The summed E-state index contributed by atoms with van der Waals surface area (Å²) in [7, 11) is 0. The van der Waals surface area contributed by atoms with E-state index in [1.807, 2.05) is 30.3 Å². The highest BCUT2D eigenvalue weighted by Crippen LogP contribution is 2.50. The van der Waals surface area contributed by atoms with Crippen LogP contribution in [0, 0.1) is 23.2 Å². The van der Waals surface area contributed by atoms with Crippen LogP contribution in [0.2, 0.25) is 0 Å². The minimum Gasteiger partial charge on any atom is -0.375 e. The number of hydrogen-bond donors (Lipinski definition) is 0. The molecule has 23 heavy (non-hydrogen) atoms. The summed E-state index contributed by atoms with van der Waals surface area (Å²) in [6.45, 7) is 1.02. The molecule has 0 bridgehead atoms. The lowest BCUT2D eigenvalue weighted by Gasteiger charge is -2.40. The Hall–Kier alpha value is -1.92. The predicted molar refractivity (Wildman–Crippen MR) is 87.5 cm³/mol. The van der Waals surface area contributed by atoms with Crippen molar-refractivity contribution >= 4 is 11.6 Å². The van der Waals surface area contributed by atoms with E-state index >= 15 is 0 Å². The van der Waals surface area contributed by atoms with Gasteiger partial charge in [-0.25, -0.2) is 0 Å². The van der Waals surface area contributed by atoms with Crippen LogP contribution in [0.25, 0.3) is 0 Å². The molecule has 120 valence electrons. The van der Waals surface area contributed by atoms with Crippen LogP contribution in [0.3, 0.4) is 0 Å². The molecule has 3 heteroatoms. The van der Waals surface area contributed by atoms with Crippen LogP contribution in [0.5, 0.6) is 0 Å². The second kappa shape index (κ2) is 6.29. The Balaban J connectivity index is 1.60. The fourth-order valence-electron chi connectivity index (χ4n) is 3.84. The van der Waals surface area contributed by atoms with E-state index in [-0.39, 0.29) is 17.0 Å². The highest BCUT2D eigenvalue weighted by atomic mass is 16.5. The third kappa shape index (κ3) is 2.96. The summed E-state index contributed by atoms with van der Waals surface area (Å²) in [4.78, 5) is 24.3. The lowest BCUT2D eigenvalue weighted by molar-refractivity contribution is -0.138. The fourth-order valence-corrected chi connectivity index (χ4v) is 3.84. The van der Waals surface area contributed by atoms with Gasteiger partial charge in [-0.3, -0.25) is 9.59 Å². The molecule has 0 aromatic heterocycles. The normalized spacial score (nSPS) is 22.2. The molecule has 0 N–H and O–H groups in total. The molecule has 0 saturated heterocycles. The Labute approximate surface area is 137 Å². The molecule has 2 aliphatic carbocycles. The highest BCUT2D eigenvalue weighted by Gasteiger charge is 2.53. The summed E-state index contributed by atoms with van der Waals surface area (Å²) in [6, 6.07) is 9.99. The molecule has 2 fully saturated rings. The lowest BCUT2D eigenvalue weighted by Crippen LogP contribution is -2.42. The van der Waals surface area contributed by atoms with Crippen molar-refractivity contribution in [3.63, 3.8) is 0 Å².